The first kappa shape index (κ1) is 11.3. The Hall–Kier alpha value is -0.760. The highest BCUT2D eigenvalue weighted by atomic mass is 32.2. The molecule has 2 heteroatoms. The molecule has 0 aliphatic heterocycles. The molecule has 0 saturated heterocycles. The van der Waals surface area contributed by atoms with Crippen molar-refractivity contribution in [3.63, 3.8) is 0 Å². The fourth-order valence-corrected chi connectivity index (χ4v) is 2.02. The topological polar surface area (TPSA) is 0 Å². The first-order valence-electron chi connectivity index (χ1n) is 4.82. The molecule has 0 fully saturated rings. The van der Waals surface area contributed by atoms with Crippen LogP contribution in [0.4, 0.5) is 4.39 Å². The van der Waals surface area contributed by atoms with Crippen LogP contribution in [-0.4, -0.2) is 5.75 Å². The van der Waals surface area contributed by atoms with Crippen molar-refractivity contribution in [3.8, 4) is 0 Å². The molecule has 0 unspecified atom stereocenters. The maximum atomic E-state index is 12.6. The fourth-order valence-electron chi connectivity index (χ4n) is 1.11. The van der Waals surface area contributed by atoms with Crippen molar-refractivity contribution in [2.24, 2.45) is 0 Å². The van der Waals surface area contributed by atoms with Crippen molar-refractivity contribution < 1.29 is 4.39 Å². The zero-order valence-corrected chi connectivity index (χ0v) is 9.02. The van der Waals surface area contributed by atoms with Gasteiger partial charge in [-0.05, 0) is 49.3 Å². The Kier molecular flexibility index (Phi) is 5.38. The van der Waals surface area contributed by atoms with Gasteiger partial charge in [-0.1, -0.05) is 6.08 Å². The van der Waals surface area contributed by atoms with Gasteiger partial charge < -0.3 is 0 Å². The zero-order chi connectivity index (χ0) is 10.2. The first-order chi connectivity index (χ1) is 6.83. The Labute approximate surface area is 89.2 Å². The van der Waals surface area contributed by atoms with E-state index in [9.17, 15) is 4.39 Å². The van der Waals surface area contributed by atoms with Crippen LogP contribution in [0.1, 0.15) is 19.3 Å². The monoisotopic (exact) mass is 210 g/mol. The van der Waals surface area contributed by atoms with Gasteiger partial charge in [0.2, 0.25) is 0 Å². The van der Waals surface area contributed by atoms with E-state index in [4.69, 9.17) is 0 Å². The van der Waals surface area contributed by atoms with Gasteiger partial charge in [0.1, 0.15) is 5.82 Å². The molecule has 14 heavy (non-hydrogen) atoms. The molecule has 76 valence electrons. The van der Waals surface area contributed by atoms with E-state index in [-0.39, 0.29) is 5.82 Å². The smallest absolute Gasteiger partial charge is 0.123 e. The summed E-state index contributed by atoms with van der Waals surface area (Å²) >= 11 is 1.78. The van der Waals surface area contributed by atoms with Crippen LogP contribution in [-0.2, 0) is 0 Å². The van der Waals surface area contributed by atoms with E-state index in [1.165, 1.54) is 25.0 Å². The van der Waals surface area contributed by atoms with E-state index in [2.05, 4.69) is 6.58 Å². The Morgan fingerprint density at radius 2 is 1.93 bits per heavy atom. The summed E-state index contributed by atoms with van der Waals surface area (Å²) in [5.41, 5.74) is 0. The number of halogens is 1. The van der Waals surface area contributed by atoms with E-state index in [0.717, 1.165) is 17.1 Å². The molecule has 0 spiro atoms. The van der Waals surface area contributed by atoms with Crippen molar-refractivity contribution in [1.82, 2.24) is 0 Å². The molecule has 0 N–H and O–H groups in total. The summed E-state index contributed by atoms with van der Waals surface area (Å²) in [5, 5.41) is 0. The predicted molar refractivity (Wildman–Crippen MR) is 61.2 cm³/mol. The number of thioether (sulfide) groups is 1. The van der Waals surface area contributed by atoms with Gasteiger partial charge in [-0.3, -0.25) is 0 Å². The molecular weight excluding hydrogens is 195 g/mol. The van der Waals surface area contributed by atoms with Gasteiger partial charge in [-0.15, -0.1) is 18.3 Å². The third-order valence-electron chi connectivity index (χ3n) is 1.88. The minimum atomic E-state index is -0.166. The quantitative estimate of drug-likeness (QED) is 0.384. The minimum absolute atomic E-state index is 0.166. The van der Waals surface area contributed by atoms with Crippen molar-refractivity contribution in [1.29, 1.82) is 0 Å². The van der Waals surface area contributed by atoms with Crippen molar-refractivity contribution >= 4 is 11.8 Å². The van der Waals surface area contributed by atoms with Crippen LogP contribution in [0.3, 0.4) is 0 Å². The summed E-state index contributed by atoms with van der Waals surface area (Å²) in [5.74, 6) is 0.931. The maximum absolute atomic E-state index is 12.6. The molecule has 0 nitrogen and oxygen atoms in total. The maximum Gasteiger partial charge on any atom is 0.123 e. The van der Waals surface area contributed by atoms with Crippen molar-refractivity contribution in [2.45, 2.75) is 24.2 Å². The fraction of sp³-hybridized carbons (Fsp3) is 0.333. The summed E-state index contributed by atoms with van der Waals surface area (Å²) in [6, 6.07) is 6.67. The molecule has 0 radical (unpaired) electrons. The molecule has 0 aromatic heterocycles. The van der Waals surface area contributed by atoms with Crippen LogP contribution in [0.25, 0.3) is 0 Å². The van der Waals surface area contributed by atoms with Crippen molar-refractivity contribution in [3.05, 3.63) is 42.7 Å². The van der Waals surface area contributed by atoms with E-state index in [1.807, 2.05) is 18.2 Å². The second-order valence-corrected chi connectivity index (χ2v) is 4.26. The van der Waals surface area contributed by atoms with Gasteiger partial charge in [-0.2, -0.15) is 0 Å². The van der Waals surface area contributed by atoms with E-state index >= 15 is 0 Å². The second-order valence-electron chi connectivity index (χ2n) is 3.09. The van der Waals surface area contributed by atoms with Gasteiger partial charge in [-0.25, -0.2) is 4.39 Å². The molecule has 0 bridgehead atoms. The van der Waals surface area contributed by atoms with Crippen LogP contribution in [0, 0.1) is 5.82 Å². The van der Waals surface area contributed by atoms with Gasteiger partial charge in [0.25, 0.3) is 0 Å². The Morgan fingerprint density at radius 3 is 2.57 bits per heavy atom. The minimum Gasteiger partial charge on any atom is -0.207 e. The molecule has 1 aromatic carbocycles. The number of allylic oxidation sites excluding steroid dienone is 1. The van der Waals surface area contributed by atoms with Crippen LogP contribution in [0.15, 0.2) is 41.8 Å². The second kappa shape index (κ2) is 6.66. The number of rotatable bonds is 6. The van der Waals surface area contributed by atoms with E-state index in [1.54, 1.807) is 11.8 Å². The zero-order valence-electron chi connectivity index (χ0n) is 8.21. The Balaban J connectivity index is 2.18. The predicted octanol–water partition coefficient (Wildman–Crippen LogP) is 4.27. The molecule has 0 aliphatic carbocycles. The number of unbranched alkanes of at least 4 members (excludes halogenated alkanes) is 2. The number of hydrogen-bond donors (Lipinski definition) is 0. The molecule has 1 aromatic rings. The third kappa shape index (κ3) is 4.47. The summed E-state index contributed by atoms with van der Waals surface area (Å²) in [6.45, 7) is 3.68. The average Bonchev–Trinajstić information content (AvgIpc) is 2.21. The van der Waals surface area contributed by atoms with Gasteiger partial charge in [0.05, 0.1) is 0 Å². The highest BCUT2D eigenvalue weighted by molar-refractivity contribution is 7.99. The SMILES string of the molecule is C=CCCCCSc1ccc(F)cc1. The Bertz CT molecular complexity index is 266. The summed E-state index contributed by atoms with van der Waals surface area (Å²) < 4.78 is 12.6. The molecule has 0 heterocycles. The summed E-state index contributed by atoms with van der Waals surface area (Å²) in [7, 11) is 0. The normalized spacial score (nSPS) is 10.1. The van der Waals surface area contributed by atoms with Crippen LogP contribution in [0.2, 0.25) is 0 Å². The van der Waals surface area contributed by atoms with E-state index in [0.29, 0.717) is 0 Å². The van der Waals surface area contributed by atoms with Gasteiger partial charge >= 0.3 is 0 Å². The van der Waals surface area contributed by atoms with Crippen LogP contribution >= 0.6 is 11.8 Å². The van der Waals surface area contributed by atoms with Crippen molar-refractivity contribution in [2.75, 3.05) is 5.75 Å². The van der Waals surface area contributed by atoms with Gasteiger partial charge in [0, 0.05) is 4.90 Å². The molecule has 0 saturated carbocycles. The molecule has 0 atom stereocenters. The van der Waals surface area contributed by atoms with Gasteiger partial charge in [0.15, 0.2) is 0 Å². The summed E-state index contributed by atoms with van der Waals surface area (Å²) in [6.07, 6.45) is 5.41. The third-order valence-corrected chi connectivity index (χ3v) is 2.98. The number of benzene rings is 1. The lowest BCUT2D eigenvalue weighted by Gasteiger charge is -2.00. The van der Waals surface area contributed by atoms with E-state index < -0.39 is 0 Å². The highest BCUT2D eigenvalue weighted by Crippen LogP contribution is 2.19. The standard InChI is InChI=1S/C12H15FS/c1-2-3-4-5-10-14-12-8-6-11(13)7-9-12/h2,6-9H,1,3-5,10H2. The largest absolute Gasteiger partial charge is 0.207 e. The average molecular weight is 210 g/mol. The number of hydrogen-bond acceptors (Lipinski definition) is 1. The lowest BCUT2D eigenvalue weighted by Crippen LogP contribution is -1.80. The lowest BCUT2D eigenvalue weighted by molar-refractivity contribution is 0.626. The molecular formula is C12H15FS. The molecule has 1 rings (SSSR count). The first-order valence-corrected chi connectivity index (χ1v) is 5.81. The molecule has 0 amide bonds. The highest BCUT2D eigenvalue weighted by Gasteiger charge is 1.94. The Morgan fingerprint density at radius 1 is 1.21 bits per heavy atom. The lowest BCUT2D eigenvalue weighted by atomic mass is 10.2. The van der Waals surface area contributed by atoms with Crippen LogP contribution in [0.5, 0.6) is 0 Å². The molecule has 0 aliphatic rings. The van der Waals surface area contributed by atoms with Crippen LogP contribution < -0.4 is 0 Å². The summed E-state index contributed by atoms with van der Waals surface area (Å²) in [4.78, 5) is 1.14.